The number of ether oxygens (including phenoxy) is 1. The number of hydrogen-bond donors (Lipinski definition) is 0. The molecule has 8 atom stereocenters. The van der Waals surface area contributed by atoms with Crippen LogP contribution in [0.5, 0.6) is 0 Å². The van der Waals surface area contributed by atoms with Gasteiger partial charge < -0.3 is 4.74 Å². The van der Waals surface area contributed by atoms with Gasteiger partial charge in [0.1, 0.15) is 6.10 Å². The van der Waals surface area contributed by atoms with E-state index in [0.29, 0.717) is 5.41 Å². The van der Waals surface area contributed by atoms with Crippen LogP contribution in [0.4, 0.5) is 0 Å². The third-order valence-electron chi connectivity index (χ3n) is 10.2. The van der Waals surface area contributed by atoms with Crippen LogP contribution in [-0.4, -0.2) is 12.1 Å². The van der Waals surface area contributed by atoms with Gasteiger partial charge >= 0.3 is 5.97 Å². The first-order chi connectivity index (χ1) is 13.9. The standard InChI is InChI=1S/C27H38O2/c1-18(28)29-25-12-11-23-22-10-9-21-17-20(19-7-5-4-6-8-19)13-15-26(21,2)24(22)14-16-27(23,25)3/h4-8,20-25H,9-17H2,1-3H3/t20-,21-,22-,23-,24-,25-,26-,27-/m0/s1. The van der Waals surface area contributed by atoms with Crippen molar-refractivity contribution in [3.8, 4) is 0 Å². The summed E-state index contributed by atoms with van der Waals surface area (Å²) in [7, 11) is 0. The topological polar surface area (TPSA) is 26.3 Å². The molecule has 158 valence electrons. The van der Waals surface area contributed by atoms with Crippen LogP contribution in [0.25, 0.3) is 0 Å². The normalized spacial score (nSPS) is 46.3. The van der Waals surface area contributed by atoms with E-state index in [-0.39, 0.29) is 17.5 Å². The molecule has 29 heavy (non-hydrogen) atoms. The van der Waals surface area contributed by atoms with E-state index < -0.39 is 0 Å². The van der Waals surface area contributed by atoms with Crippen molar-refractivity contribution >= 4 is 5.97 Å². The molecule has 4 fully saturated rings. The van der Waals surface area contributed by atoms with Gasteiger partial charge in [0.05, 0.1) is 0 Å². The number of benzene rings is 1. The summed E-state index contributed by atoms with van der Waals surface area (Å²) < 4.78 is 5.82. The lowest BCUT2D eigenvalue weighted by atomic mass is 9.44. The number of rotatable bonds is 2. The zero-order chi connectivity index (χ0) is 20.2. The molecule has 1 aromatic carbocycles. The van der Waals surface area contributed by atoms with E-state index in [1.165, 1.54) is 51.4 Å². The first-order valence-electron chi connectivity index (χ1n) is 12.1. The summed E-state index contributed by atoms with van der Waals surface area (Å²) >= 11 is 0. The van der Waals surface area contributed by atoms with Crippen LogP contribution >= 0.6 is 0 Å². The molecule has 4 aliphatic rings. The van der Waals surface area contributed by atoms with Crippen LogP contribution in [0.15, 0.2) is 30.3 Å². The largest absolute Gasteiger partial charge is 0.462 e. The van der Waals surface area contributed by atoms with Crippen molar-refractivity contribution in [2.75, 3.05) is 0 Å². The molecule has 2 heteroatoms. The predicted molar refractivity (Wildman–Crippen MR) is 116 cm³/mol. The molecule has 0 aliphatic heterocycles. The Balaban J connectivity index is 1.35. The Morgan fingerprint density at radius 1 is 0.897 bits per heavy atom. The van der Waals surface area contributed by atoms with Gasteiger partial charge in [0, 0.05) is 12.3 Å². The predicted octanol–water partition coefficient (Wildman–Crippen LogP) is 6.74. The highest BCUT2D eigenvalue weighted by atomic mass is 16.5. The van der Waals surface area contributed by atoms with Gasteiger partial charge in [-0.3, -0.25) is 4.79 Å². The van der Waals surface area contributed by atoms with Crippen LogP contribution in [0.2, 0.25) is 0 Å². The van der Waals surface area contributed by atoms with E-state index in [1.807, 2.05) is 0 Å². The summed E-state index contributed by atoms with van der Waals surface area (Å²) in [6.45, 7) is 6.67. The summed E-state index contributed by atoms with van der Waals surface area (Å²) in [5, 5.41) is 0. The lowest BCUT2D eigenvalue weighted by Crippen LogP contribution is -2.54. The summed E-state index contributed by atoms with van der Waals surface area (Å²) in [5.74, 6) is 4.05. The minimum Gasteiger partial charge on any atom is -0.462 e. The second kappa shape index (κ2) is 7.13. The quantitative estimate of drug-likeness (QED) is 0.519. The number of hydrogen-bond acceptors (Lipinski definition) is 2. The molecule has 1 aromatic rings. The van der Waals surface area contributed by atoms with Gasteiger partial charge in [0.15, 0.2) is 0 Å². The van der Waals surface area contributed by atoms with Gasteiger partial charge in [-0.1, -0.05) is 44.2 Å². The second-order valence-corrected chi connectivity index (χ2v) is 11.3. The highest BCUT2D eigenvalue weighted by Gasteiger charge is 2.61. The van der Waals surface area contributed by atoms with Crippen molar-refractivity contribution in [1.82, 2.24) is 0 Å². The van der Waals surface area contributed by atoms with Gasteiger partial charge in [-0.15, -0.1) is 0 Å². The Bertz CT molecular complexity index is 757. The molecule has 0 unspecified atom stereocenters. The summed E-state index contributed by atoms with van der Waals surface area (Å²) in [6.07, 6.45) is 12.1. The molecule has 0 radical (unpaired) electrons. The fourth-order valence-corrected chi connectivity index (χ4v) is 8.63. The fraction of sp³-hybridized carbons (Fsp3) is 0.741. The van der Waals surface area contributed by atoms with E-state index in [2.05, 4.69) is 44.2 Å². The van der Waals surface area contributed by atoms with Crippen LogP contribution in [0, 0.1) is 34.5 Å². The molecular weight excluding hydrogens is 356 g/mol. The van der Waals surface area contributed by atoms with Crippen LogP contribution < -0.4 is 0 Å². The molecule has 2 nitrogen and oxygen atoms in total. The second-order valence-electron chi connectivity index (χ2n) is 11.3. The summed E-state index contributed by atoms with van der Waals surface area (Å²) in [5.41, 5.74) is 2.31. The van der Waals surface area contributed by atoms with Gasteiger partial charge in [-0.25, -0.2) is 0 Å². The van der Waals surface area contributed by atoms with Crippen molar-refractivity contribution in [3.63, 3.8) is 0 Å². The Labute approximate surface area is 176 Å². The van der Waals surface area contributed by atoms with E-state index in [4.69, 9.17) is 4.74 Å². The number of esters is 1. The lowest BCUT2D eigenvalue weighted by Gasteiger charge is -2.61. The maximum atomic E-state index is 11.7. The Morgan fingerprint density at radius 2 is 1.62 bits per heavy atom. The molecule has 0 spiro atoms. The molecule has 4 aliphatic carbocycles. The van der Waals surface area contributed by atoms with Crippen molar-refractivity contribution < 1.29 is 9.53 Å². The van der Waals surface area contributed by atoms with Crippen molar-refractivity contribution in [2.24, 2.45) is 34.5 Å². The first kappa shape index (κ1) is 19.6. The third-order valence-corrected chi connectivity index (χ3v) is 10.2. The molecule has 0 saturated heterocycles. The highest BCUT2D eigenvalue weighted by molar-refractivity contribution is 5.66. The maximum absolute atomic E-state index is 11.7. The van der Waals surface area contributed by atoms with Gasteiger partial charge in [-0.2, -0.15) is 0 Å². The Morgan fingerprint density at radius 3 is 2.38 bits per heavy atom. The van der Waals surface area contributed by atoms with Crippen molar-refractivity contribution in [3.05, 3.63) is 35.9 Å². The molecule has 0 aromatic heterocycles. The van der Waals surface area contributed by atoms with Crippen LogP contribution in [0.1, 0.15) is 90.0 Å². The number of carbonyl (C=O) groups is 1. The average Bonchev–Trinajstić information content (AvgIpc) is 3.04. The molecule has 0 amide bonds. The smallest absolute Gasteiger partial charge is 0.302 e. The number of carbonyl (C=O) groups excluding carboxylic acids is 1. The zero-order valence-corrected chi connectivity index (χ0v) is 18.5. The Hall–Kier alpha value is -1.31. The van der Waals surface area contributed by atoms with E-state index in [9.17, 15) is 4.79 Å². The minimum absolute atomic E-state index is 0.0890. The average molecular weight is 395 g/mol. The SMILES string of the molecule is CC(=O)O[C@H]1CC[C@H]2[C@@H]3CC[C@H]4C[C@@H](c5ccccc5)CC[C@]4(C)[C@H]3CC[C@]12C. The molecular formula is C27H38O2. The minimum atomic E-state index is -0.0890. The van der Waals surface area contributed by atoms with Gasteiger partial charge in [0.25, 0.3) is 0 Å². The van der Waals surface area contributed by atoms with Crippen LogP contribution in [0.3, 0.4) is 0 Å². The fourth-order valence-electron chi connectivity index (χ4n) is 8.63. The molecule has 4 saturated carbocycles. The monoisotopic (exact) mass is 394 g/mol. The van der Waals surface area contributed by atoms with E-state index >= 15 is 0 Å². The third kappa shape index (κ3) is 3.08. The highest BCUT2D eigenvalue weighted by Crippen LogP contribution is 2.67. The molecule has 0 N–H and O–H groups in total. The molecule has 0 bridgehead atoms. The molecule has 5 rings (SSSR count). The maximum Gasteiger partial charge on any atom is 0.302 e. The van der Waals surface area contributed by atoms with Crippen molar-refractivity contribution in [1.29, 1.82) is 0 Å². The molecule has 0 heterocycles. The summed E-state index contributed by atoms with van der Waals surface area (Å²) in [6, 6.07) is 11.3. The van der Waals surface area contributed by atoms with Gasteiger partial charge in [0.2, 0.25) is 0 Å². The number of fused-ring (bicyclic) bond motifs is 5. The van der Waals surface area contributed by atoms with Crippen LogP contribution in [-0.2, 0) is 9.53 Å². The summed E-state index contributed by atoms with van der Waals surface area (Å²) in [4.78, 5) is 11.7. The van der Waals surface area contributed by atoms with Gasteiger partial charge in [-0.05, 0) is 98.4 Å². The lowest BCUT2D eigenvalue weighted by molar-refractivity contribution is -0.161. The van der Waals surface area contributed by atoms with Crippen molar-refractivity contribution in [2.45, 2.75) is 90.6 Å². The zero-order valence-electron chi connectivity index (χ0n) is 18.5. The van der Waals surface area contributed by atoms with E-state index in [1.54, 1.807) is 12.5 Å². The van der Waals surface area contributed by atoms with E-state index in [0.717, 1.165) is 36.0 Å². The Kier molecular flexibility index (Phi) is 4.83. The first-order valence-corrected chi connectivity index (χ1v) is 12.1.